The fourth-order valence-corrected chi connectivity index (χ4v) is 0. The van der Waals surface area contributed by atoms with Gasteiger partial charge in [0.25, 0.3) is 0 Å². The Kier molecular flexibility index (Phi) is 401. The maximum atomic E-state index is 8.52. The second-order valence-electron chi connectivity index (χ2n) is 0.250. The van der Waals surface area contributed by atoms with Crippen LogP contribution in [0.25, 0.3) is 0 Å². The topological polar surface area (TPSA) is 221 Å². The number of hydrogen-bond donors (Lipinski definition) is 0. The van der Waals surface area contributed by atoms with Gasteiger partial charge in [-0.1, -0.05) is 8.25 Å². The summed E-state index contributed by atoms with van der Waals surface area (Å²) in [4.78, 5) is 17.0. The van der Waals surface area contributed by atoms with Crippen LogP contribution < -0.4 is 68.9 Å². The Bertz CT molecular complexity index is 35.1. The zero-order chi connectivity index (χ0) is 3.58. The van der Waals surface area contributed by atoms with Gasteiger partial charge in [-0.3, -0.25) is 0 Å². The molecule has 0 aliphatic rings. The van der Waals surface area contributed by atoms with Gasteiger partial charge in [0.2, 0.25) is 0 Å². The molecule has 0 unspecified atom stereocenters. The molecule has 0 spiro atoms. The van der Waals surface area contributed by atoms with Crippen molar-refractivity contribution in [2.45, 2.75) is 0 Å². The third kappa shape index (κ3) is 311. The smallest absolute Gasteiger partial charge is 0.813 e. The van der Waals surface area contributed by atoms with Crippen molar-refractivity contribution in [1.29, 1.82) is 0 Å². The van der Waals surface area contributed by atoms with E-state index < -0.39 is 8.25 Å². The fraction of sp³-hybridized carbons (Fsp3) is 0. The standard InChI is InChI=1S/2Na.H3O3P.5H2O/c;;1-4(2)3;;;;;/h;;4H,(H2,1,2,3);5*1H2/q2*+1;;;;;;/p-2. The summed E-state index contributed by atoms with van der Waals surface area (Å²) in [6.45, 7) is 0. The van der Waals surface area contributed by atoms with Crippen molar-refractivity contribution in [2.24, 2.45) is 0 Å². The van der Waals surface area contributed by atoms with E-state index in [1.54, 1.807) is 0 Å². The predicted molar refractivity (Wildman–Crippen MR) is 27.1 cm³/mol. The van der Waals surface area contributed by atoms with E-state index in [4.69, 9.17) is 14.4 Å². The molecular formula is H11Na2O8P. The maximum Gasteiger partial charge on any atom is 1.00 e. The minimum Gasteiger partial charge on any atom is -0.813 e. The summed E-state index contributed by atoms with van der Waals surface area (Å²) in [7, 11) is -3.63. The molecule has 11 heteroatoms. The second kappa shape index (κ2) is 58.5. The molecule has 0 fully saturated rings. The molecule has 0 atom stereocenters. The third-order valence-corrected chi connectivity index (χ3v) is 0. The van der Waals surface area contributed by atoms with Crippen molar-refractivity contribution < 1.29 is 101 Å². The SMILES string of the molecule is O.O.O.O.O.O=[PH]([O-])[O-].[Na+].[Na+]. The first kappa shape index (κ1) is 75.5. The van der Waals surface area contributed by atoms with E-state index in [1.165, 1.54) is 0 Å². The Morgan fingerprint density at radius 3 is 0.727 bits per heavy atom. The van der Waals surface area contributed by atoms with Gasteiger partial charge < -0.3 is 41.7 Å². The molecule has 11 heavy (non-hydrogen) atoms. The summed E-state index contributed by atoms with van der Waals surface area (Å²) in [6.07, 6.45) is 0. The number of hydrogen-bond acceptors (Lipinski definition) is 3. The fourth-order valence-electron chi connectivity index (χ4n) is 0. The summed E-state index contributed by atoms with van der Waals surface area (Å²) in [5.41, 5.74) is 0. The molecule has 0 amide bonds. The van der Waals surface area contributed by atoms with E-state index >= 15 is 0 Å². The molecule has 0 aliphatic carbocycles. The van der Waals surface area contributed by atoms with Gasteiger partial charge in [0.1, 0.15) is 0 Å². The molecule has 8 nitrogen and oxygen atoms in total. The Hall–Kier alpha value is 1.95. The molecule has 0 heterocycles. The van der Waals surface area contributed by atoms with Gasteiger partial charge in [0, 0.05) is 0 Å². The molecule has 0 saturated heterocycles. The van der Waals surface area contributed by atoms with Gasteiger partial charge in [0.15, 0.2) is 0 Å². The monoisotopic (exact) mass is 216 g/mol. The van der Waals surface area contributed by atoms with E-state index in [0.29, 0.717) is 0 Å². The van der Waals surface area contributed by atoms with Gasteiger partial charge in [-0.2, -0.15) is 0 Å². The molecule has 66 valence electrons. The Morgan fingerprint density at radius 1 is 0.727 bits per heavy atom. The Labute approximate surface area is 108 Å². The largest absolute Gasteiger partial charge is 1.00 e. The first-order valence-corrected chi connectivity index (χ1v) is 1.84. The molecule has 0 rings (SSSR count). The molecule has 0 aromatic carbocycles. The molecule has 0 bridgehead atoms. The van der Waals surface area contributed by atoms with Gasteiger partial charge in [0.05, 0.1) is 0 Å². The van der Waals surface area contributed by atoms with E-state index in [9.17, 15) is 0 Å². The van der Waals surface area contributed by atoms with Crippen LogP contribution in [-0.2, 0) is 4.57 Å². The summed E-state index contributed by atoms with van der Waals surface area (Å²) in [5.74, 6) is 0. The first-order valence-electron chi connectivity index (χ1n) is 0.612. The van der Waals surface area contributed by atoms with Crippen LogP contribution in [0.1, 0.15) is 0 Å². The van der Waals surface area contributed by atoms with Crippen LogP contribution in [0.5, 0.6) is 0 Å². The minimum absolute atomic E-state index is 0. The summed E-state index contributed by atoms with van der Waals surface area (Å²) >= 11 is 0. The van der Waals surface area contributed by atoms with Crippen LogP contribution >= 0.6 is 8.25 Å². The quantitative estimate of drug-likeness (QED) is 0.284. The van der Waals surface area contributed by atoms with Gasteiger partial charge in [-0.05, 0) is 0 Å². The molecule has 0 aliphatic heterocycles. The van der Waals surface area contributed by atoms with Crippen molar-refractivity contribution in [3.8, 4) is 0 Å². The molecule has 10 N–H and O–H groups in total. The summed E-state index contributed by atoms with van der Waals surface area (Å²) < 4.78 is 8.52. The number of rotatable bonds is 0. The molecule has 0 radical (unpaired) electrons. The molecular weight excluding hydrogens is 205 g/mol. The van der Waals surface area contributed by atoms with Gasteiger partial charge >= 0.3 is 59.1 Å². The van der Waals surface area contributed by atoms with Crippen molar-refractivity contribution in [2.75, 3.05) is 0 Å². The maximum absolute atomic E-state index is 8.52. The normalized spacial score (nSPS) is 3.18. The van der Waals surface area contributed by atoms with Crippen LogP contribution in [0.15, 0.2) is 0 Å². The van der Waals surface area contributed by atoms with E-state index in [-0.39, 0.29) is 86.5 Å². The zero-order valence-electron chi connectivity index (χ0n) is 6.22. The first-order chi connectivity index (χ1) is 1.73. The molecule has 0 aromatic rings. The van der Waals surface area contributed by atoms with Gasteiger partial charge in [-0.25, -0.2) is 0 Å². The van der Waals surface area contributed by atoms with E-state index in [0.717, 1.165) is 0 Å². The summed E-state index contributed by atoms with van der Waals surface area (Å²) in [5, 5.41) is 0. The molecule has 0 saturated carbocycles. The zero-order valence-corrected chi connectivity index (χ0v) is 11.2. The van der Waals surface area contributed by atoms with E-state index in [1.807, 2.05) is 0 Å². The van der Waals surface area contributed by atoms with Crippen molar-refractivity contribution in [3.05, 3.63) is 0 Å². The second-order valence-corrected chi connectivity index (χ2v) is 0.750. The van der Waals surface area contributed by atoms with Gasteiger partial charge in [-0.15, -0.1) is 0 Å². The Balaban J connectivity index is -0.00000000214. The molecule has 0 aromatic heterocycles. The Morgan fingerprint density at radius 2 is 0.727 bits per heavy atom. The minimum atomic E-state index is -3.63. The van der Waals surface area contributed by atoms with Crippen molar-refractivity contribution >= 4 is 8.25 Å². The average Bonchev–Trinajstić information content (AvgIpc) is 0.811. The van der Waals surface area contributed by atoms with Crippen LogP contribution in [0.3, 0.4) is 0 Å². The predicted octanol–water partition coefficient (Wildman–Crippen LogP) is -12.0. The van der Waals surface area contributed by atoms with Crippen LogP contribution in [-0.4, -0.2) is 27.4 Å². The van der Waals surface area contributed by atoms with E-state index in [2.05, 4.69) is 0 Å². The van der Waals surface area contributed by atoms with Crippen LogP contribution in [0.2, 0.25) is 0 Å². The van der Waals surface area contributed by atoms with Crippen molar-refractivity contribution in [1.82, 2.24) is 0 Å². The average molecular weight is 216 g/mol. The van der Waals surface area contributed by atoms with Crippen molar-refractivity contribution in [3.63, 3.8) is 0 Å². The third-order valence-electron chi connectivity index (χ3n) is 0. The summed E-state index contributed by atoms with van der Waals surface area (Å²) in [6, 6.07) is 0. The van der Waals surface area contributed by atoms with Crippen LogP contribution in [0, 0.1) is 0 Å². The van der Waals surface area contributed by atoms with Crippen LogP contribution in [0.4, 0.5) is 0 Å².